The molecule has 0 unspecified atom stereocenters. The number of fused-ring (bicyclic) bond motifs is 1. The van der Waals surface area contributed by atoms with Crippen LogP contribution in [-0.4, -0.2) is 29.5 Å². The molecule has 6 heteroatoms. The number of rotatable bonds is 6. The lowest BCUT2D eigenvalue weighted by atomic mass is 10.1. The van der Waals surface area contributed by atoms with Gasteiger partial charge < -0.3 is 14.8 Å². The van der Waals surface area contributed by atoms with Crippen molar-refractivity contribution in [3.05, 3.63) is 77.5 Å². The van der Waals surface area contributed by atoms with Crippen molar-refractivity contribution >= 4 is 17.4 Å². The summed E-state index contributed by atoms with van der Waals surface area (Å²) in [6.45, 7) is 4.09. The third-order valence-corrected chi connectivity index (χ3v) is 5.28. The summed E-state index contributed by atoms with van der Waals surface area (Å²) in [5.41, 5.74) is 5.06. The van der Waals surface area contributed by atoms with E-state index in [2.05, 4.69) is 12.2 Å². The summed E-state index contributed by atoms with van der Waals surface area (Å²) in [6.07, 6.45) is 2.89. The third-order valence-electron chi connectivity index (χ3n) is 5.28. The molecule has 2 heterocycles. The molecule has 0 saturated carbocycles. The Balaban J connectivity index is 1.81. The van der Waals surface area contributed by atoms with Gasteiger partial charge in [0.2, 0.25) is 0 Å². The topological polar surface area (TPSA) is 64.9 Å². The fourth-order valence-electron chi connectivity index (χ4n) is 3.53. The number of benzene rings is 2. The van der Waals surface area contributed by atoms with Crippen LogP contribution in [-0.2, 0) is 6.42 Å². The van der Waals surface area contributed by atoms with Crippen LogP contribution >= 0.6 is 0 Å². The molecule has 31 heavy (non-hydrogen) atoms. The Morgan fingerprint density at radius 3 is 2.42 bits per heavy atom. The maximum Gasteiger partial charge on any atom is 0.256 e. The molecular formula is C25H25N3O3. The summed E-state index contributed by atoms with van der Waals surface area (Å²) in [5.74, 6) is 1.65. The first kappa shape index (κ1) is 20.5. The van der Waals surface area contributed by atoms with Crippen molar-refractivity contribution in [2.24, 2.45) is 0 Å². The van der Waals surface area contributed by atoms with Crippen LogP contribution in [0.25, 0.3) is 16.9 Å². The standard InChI is InChI=1S/C25H25N3O3/c1-5-17-7-9-18(10-8-17)25(29)27-24-23(26-22-13-6-16(2)15-28(22)24)19-11-12-20(30-3)21(14-19)31-4/h6-15H,5H2,1-4H3,(H,27,29). The minimum atomic E-state index is -0.187. The number of nitrogens with zero attached hydrogens (tertiary/aromatic N) is 2. The van der Waals surface area contributed by atoms with E-state index in [0.717, 1.165) is 23.2 Å². The van der Waals surface area contributed by atoms with Gasteiger partial charge in [-0.2, -0.15) is 0 Å². The number of hydrogen-bond donors (Lipinski definition) is 1. The Kier molecular flexibility index (Phi) is 5.62. The van der Waals surface area contributed by atoms with Crippen LogP contribution in [0.15, 0.2) is 60.8 Å². The first-order valence-corrected chi connectivity index (χ1v) is 10.2. The van der Waals surface area contributed by atoms with Gasteiger partial charge in [0.05, 0.1) is 14.2 Å². The van der Waals surface area contributed by atoms with Crippen molar-refractivity contribution in [1.29, 1.82) is 0 Å². The molecule has 0 atom stereocenters. The molecule has 0 saturated heterocycles. The Hall–Kier alpha value is -3.80. The van der Waals surface area contributed by atoms with E-state index in [1.54, 1.807) is 14.2 Å². The summed E-state index contributed by atoms with van der Waals surface area (Å²) in [6, 6.07) is 17.2. The molecule has 0 spiro atoms. The van der Waals surface area contributed by atoms with E-state index in [4.69, 9.17) is 14.5 Å². The molecule has 2 aromatic heterocycles. The minimum Gasteiger partial charge on any atom is -0.493 e. The minimum absolute atomic E-state index is 0.187. The Labute approximate surface area is 181 Å². The van der Waals surface area contributed by atoms with Gasteiger partial charge >= 0.3 is 0 Å². The Bertz CT molecular complexity index is 1240. The summed E-state index contributed by atoms with van der Waals surface area (Å²) < 4.78 is 12.7. The molecule has 4 rings (SSSR count). The number of amides is 1. The Morgan fingerprint density at radius 2 is 1.74 bits per heavy atom. The molecule has 2 aromatic carbocycles. The van der Waals surface area contributed by atoms with E-state index < -0.39 is 0 Å². The summed E-state index contributed by atoms with van der Waals surface area (Å²) in [4.78, 5) is 17.8. The van der Waals surface area contributed by atoms with Gasteiger partial charge in [0, 0.05) is 17.3 Å². The van der Waals surface area contributed by atoms with Crippen molar-refractivity contribution < 1.29 is 14.3 Å². The number of aryl methyl sites for hydroxylation is 2. The zero-order chi connectivity index (χ0) is 22.0. The molecular weight excluding hydrogens is 390 g/mol. The summed E-state index contributed by atoms with van der Waals surface area (Å²) in [7, 11) is 3.19. The average Bonchev–Trinajstić information content (AvgIpc) is 3.15. The molecule has 0 fully saturated rings. The van der Waals surface area contributed by atoms with E-state index in [-0.39, 0.29) is 5.91 Å². The number of imidazole rings is 1. The number of nitrogens with one attached hydrogen (secondary N) is 1. The SMILES string of the molecule is CCc1ccc(C(=O)Nc2c(-c3ccc(OC)c(OC)c3)nc3ccc(C)cn23)cc1. The third kappa shape index (κ3) is 3.97. The average molecular weight is 415 g/mol. The van der Waals surface area contributed by atoms with Crippen molar-refractivity contribution in [1.82, 2.24) is 9.38 Å². The lowest BCUT2D eigenvalue weighted by Gasteiger charge is -2.11. The maximum absolute atomic E-state index is 13.1. The van der Waals surface area contributed by atoms with Crippen molar-refractivity contribution in [3.8, 4) is 22.8 Å². The molecule has 6 nitrogen and oxygen atoms in total. The largest absolute Gasteiger partial charge is 0.493 e. The van der Waals surface area contributed by atoms with Crippen LogP contribution in [0.1, 0.15) is 28.4 Å². The highest BCUT2D eigenvalue weighted by molar-refractivity contribution is 6.05. The van der Waals surface area contributed by atoms with Crippen LogP contribution < -0.4 is 14.8 Å². The van der Waals surface area contributed by atoms with Crippen LogP contribution in [0.3, 0.4) is 0 Å². The quantitative estimate of drug-likeness (QED) is 0.473. The van der Waals surface area contributed by atoms with Gasteiger partial charge in [-0.25, -0.2) is 4.98 Å². The molecule has 1 amide bonds. The van der Waals surface area contributed by atoms with E-state index in [1.165, 1.54) is 5.56 Å². The van der Waals surface area contributed by atoms with Gasteiger partial charge in [0.1, 0.15) is 17.2 Å². The van der Waals surface area contributed by atoms with Crippen LogP contribution in [0.2, 0.25) is 0 Å². The first-order valence-electron chi connectivity index (χ1n) is 10.2. The highest BCUT2D eigenvalue weighted by Gasteiger charge is 2.19. The molecule has 0 bridgehead atoms. The van der Waals surface area contributed by atoms with E-state index in [1.807, 2.05) is 72.1 Å². The monoisotopic (exact) mass is 415 g/mol. The molecule has 0 radical (unpaired) electrons. The number of carbonyl (C=O) groups is 1. The predicted octanol–water partition coefficient (Wildman–Crippen LogP) is 5.14. The number of ether oxygens (including phenoxy) is 2. The zero-order valence-corrected chi connectivity index (χ0v) is 18.1. The predicted molar refractivity (Wildman–Crippen MR) is 122 cm³/mol. The van der Waals surface area contributed by atoms with Crippen LogP contribution in [0, 0.1) is 6.92 Å². The number of pyridine rings is 1. The molecule has 0 aliphatic heterocycles. The number of hydrogen-bond acceptors (Lipinski definition) is 4. The van der Waals surface area contributed by atoms with E-state index >= 15 is 0 Å². The first-order chi connectivity index (χ1) is 15.0. The second-order valence-corrected chi connectivity index (χ2v) is 7.32. The van der Waals surface area contributed by atoms with Crippen molar-refractivity contribution in [2.45, 2.75) is 20.3 Å². The molecule has 0 aliphatic rings. The maximum atomic E-state index is 13.1. The van der Waals surface area contributed by atoms with Gasteiger partial charge in [0.15, 0.2) is 11.5 Å². The second-order valence-electron chi connectivity index (χ2n) is 7.32. The van der Waals surface area contributed by atoms with Crippen molar-refractivity contribution in [2.75, 3.05) is 19.5 Å². The normalized spacial score (nSPS) is 10.8. The van der Waals surface area contributed by atoms with Crippen LogP contribution in [0.5, 0.6) is 11.5 Å². The molecule has 0 aliphatic carbocycles. The van der Waals surface area contributed by atoms with E-state index in [9.17, 15) is 4.79 Å². The fourth-order valence-corrected chi connectivity index (χ4v) is 3.53. The summed E-state index contributed by atoms with van der Waals surface area (Å²) in [5, 5.41) is 3.07. The van der Waals surface area contributed by atoms with Gasteiger partial charge in [-0.15, -0.1) is 0 Å². The number of carbonyl (C=O) groups excluding carboxylic acids is 1. The molecule has 1 N–H and O–H groups in total. The van der Waals surface area contributed by atoms with Crippen LogP contribution in [0.4, 0.5) is 5.82 Å². The smallest absolute Gasteiger partial charge is 0.256 e. The Morgan fingerprint density at radius 1 is 1.00 bits per heavy atom. The summed E-state index contributed by atoms with van der Waals surface area (Å²) >= 11 is 0. The highest BCUT2D eigenvalue weighted by Crippen LogP contribution is 2.35. The van der Waals surface area contributed by atoms with Gasteiger partial charge in [0.25, 0.3) is 5.91 Å². The molecule has 4 aromatic rings. The zero-order valence-electron chi connectivity index (χ0n) is 18.1. The highest BCUT2D eigenvalue weighted by atomic mass is 16.5. The number of anilines is 1. The number of methoxy groups -OCH3 is 2. The second kappa shape index (κ2) is 8.52. The molecule has 158 valence electrons. The van der Waals surface area contributed by atoms with Gasteiger partial charge in [-0.05, 0) is 60.9 Å². The fraction of sp³-hybridized carbons (Fsp3) is 0.200. The van der Waals surface area contributed by atoms with Gasteiger partial charge in [-0.1, -0.05) is 25.1 Å². The lowest BCUT2D eigenvalue weighted by Crippen LogP contribution is -2.14. The van der Waals surface area contributed by atoms with Crippen molar-refractivity contribution in [3.63, 3.8) is 0 Å². The van der Waals surface area contributed by atoms with Gasteiger partial charge in [-0.3, -0.25) is 9.20 Å². The number of aromatic nitrogens is 2. The van der Waals surface area contributed by atoms with E-state index in [0.29, 0.717) is 28.6 Å². The lowest BCUT2D eigenvalue weighted by molar-refractivity contribution is 0.102.